The van der Waals surface area contributed by atoms with Gasteiger partial charge >= 0.3 is 5.63 Å². The molecule has 88 valence electrons. The Kier molecular flexibility index (Phi) is 3.02. The molecule has 0 aliphatic rings. The quantitative estimate of drug-likeness (QED) is 0.632. The molecule has 17 heavy (non-hydrogen) atoms. The number of halogens is 1. The van der Waals surface area contributed by atoms with E-state index in [4.69, 9.17) is 9.15 Å². The van der Waals surface area contributed by atoms with Crippen molar-refractivity contribution in [1.29, 1.82) is 0 Å². The van der Waals surface area contributed by atoms with Gasteiger partial charge < -0.3 is 9.15 Å². The third-order valence-electron chi connectivity index (χ3n) is 2.38. The number of fused-ring (bicyclic) bond motifs is 1. The van der Waals surface area contributed by atoms with E-state index in [0.29, 0.717) is 11.0 Å². The second-order valence-electron chi connectivity index (χ2n) is 3.49. The summed E-state index contributed by atoms with van der Waals surface area (Å²) in [6.45, 7) is 1.30. The van der Waals surface area contributed by atoms with Crippen molar-refractivity contribution in [3.63, 3.8) is 0 Å². The summed E-state index contributed by atoms with van der Waals surface area (Å²) < 4.78 is 11.0. The summed E-state index contributed by atoms with van der Waals surface area (Å²) in [5.41, 5.74) is -0.345. The SMILES string of the molecule is COc1c(C(C)=O)c(=O)oc2ccc(Br)cc12. The first-order valence-corrected chi connectivity index (χ1v) is 5.65. The smallest absolute Gasteiger partial charge is 0.351 e. The lowest BCUT2D eigenvalue weighted by atomic mass is 10.1. The van der Waals surface area contributed by atoms with E-state index < -0.39 is 5.63 Å². The van der Waals surface area contributed by atoms with Crippen LogP contribution in [0, 0.1) is 0 Å². The van der Waals surface area contributed by atoms with Gasteiger partial charge in [-0.05, 0) is 25.1 Å². The van der Waals surface area contributed by atoms with E-state index in [0.717, 1.165) is 4.47 Å². The van der Waals surface area contributed by atoms with Crippen LogP contribution in [0.1, 0.15) is 17.3 Å². The summed E-state index contributed by atoms with van der Waals surface area (Å²) in [4.78, 5) is 23.1. The van der Waals surface area contributed by atoms with E-state index >= 15 is 0 Å². The van der Waals surface area contributed by atoms with Gasteiger partial charge in [0, 0.05) is 4.47 Å². The van der Waals surface area contributed by atoms with Crippen LogP contribution >= 0.6 is 15.9 Å². The molecule has 0 aliphatic heterocycles. The molecule has 0 saturated heterocycles. The number of Topliss-reactive ketones (excluding diaryl/α,β-unsaturated/α-hetero) is 1. The fraction of sp³-hybridized carbons (Fsp3) is 0.167. The number of hydrogen-bond donors (Lipinski definition) is 0. The van der Waals surface area contributed by atoms with Gasteiger partial charge in [-0.3, -0.25) is 4.79 Å². The number of ether oxygens (including phenoxy) is 1. The average Bonchev–Trinajstić information content (AvgIpc) is 2.27. The first kappa shape index (κ1) is 11.9. The Hall–Kier alpha value is -1.62. The molecule has 0 N–H and O–H groups in total. The molecule has 0 atom stereocenters. The van der Waals surface area contributed by atoms with Crippen LogP contribution in [-0.4, -0.2) is 12.9 Å². The standard InChI is InChI=1S/C12H9BrO4/c1-6(14)10-11(16-2)8-5-7(13)3-4-9(8)17-12(10)15/h3-5H,1-2H3. The molecule has 0 saturated carbocycles. The lowest BCUT2D eigenvalue weighted by Crippen LogP contribution is -2.13. The van der Waals surface area contributed by atoms with Gasteiger partial charge in [0.2, 0.25) is 0 Å². The molecule has 1 aromatic carbocycles. The minimum Gasteiger partial charge on any atom is -0.495 e. The molecule has 1 heterocycles. The fourth-order valence-electron chi connectivity index (χ4n) is 1.66. The summed E-state index contributed by atoms with van der Waals surface area (Å²) in [5.74, 6) is -0.123. The maximum absolute atomic E-state index is 11.7. The van der Waals surface area contributed by atoms with Crippen molar-refractivity contribution in [2.24, 2.45) is 0 Å². The van der Waals surface area contributed by atoms with E-state index in [2.05, 4.69) is 15.9 Å². The zero-order valence-electron chi connectivity index (χ0n) is 9.24. The monoisotopic (exact) mass is 296 g/mol. The van der Waals surface area contributed by atoms with Gasteiger partial charge in [-0.1, -0.05) is 15.9 Å². The highest BCUT2D eigenvalue weighted by atomic mass is 79.9. The molecule has 2 aromatic rings. The highest BCUT2D eigenvalue weighted by molar-refractivity contribution is 9.10. The van der Waals surface area contributed by atoms with Crippen LogP contribution < -0.4 is 10.4 Å². The normalized spacial score (nSPS) is 10.5. The summed E-state index contributed by atoms with van der Waals surface area (Å²) in [5, 5.41) is 0.590. The van der Waals surface area contributed by atoms with Crippen molar-refractivity contribution in [3.05, 3.63) is 38.7 Å². The number of carbonyl (C=O) groups is 1. The van der Waals surface area contributed by atoms with Crippen molar-refractivity contribution in [1.82, 2.24) is 0 Å². The van der Waals surface area contributed by atoms with E-state index in [1.165, 1.54) is 14.0 Å². The van der Waals surface area contributed by atoms with Gasteiger partial charge in [-0.15, -0.1) is 0 Å². The summed E-state index contributed by atoms with van der Waals surface area (Å²) in [7, 11) is 1.42. The molecule has 0 amide bonds. The minimum absolute atomic E-state index is 0.0573. The molecule has 0 fully saturated rings. The van der Waals surface area contributed by atoms with E-state index in [1.807, 2.05) is 0 Å². The Labute approximate surface area is 105 Å². The third-order valence-corrected chi connectivity index (χ3v) is 2.87. The Bertz CT molecular complexity index is 657. The molecular weight excluding hydrogens is 288 g/mol. The largest absolute Gasteiger partial charge is 0.495 e. The van der Waals surface area contributed by atoms with E-state index in [-0.39, 0.29) is 17.1 Å². The van der Waals surface area contributed by atoms with Gasteiger partial charge in [-0.2, -0.15) is 0 Å². The van der Waals surface area contributed by atoms with Crippen LogP contribution in [0.2, 0.25) is 0 Å². The second-order valence-corrected chi connectivity index (χ2v) is 4.41. The molecule has 0 radical (unpaired) electrons. The Morgan fingerprint density at radius 3 is 2.71 bits per heavy atom. The van der Waals surface area contributed by atoms with Crippen molar-refractivity contribution < 1.29 is 13.9 Å². The molecule has 0 unspecified atom stereocenters. The third kappa shape index (κ3) is 1.98. The van der Waals surface area contributed by atoms with Gasteiger partial charge in [0.15, 0.2) is 5.78 Å². The molecule has 0 bridgehead atoms. The topological polar surface area (TPSA) is 56.5 Å². The molecule has 4 nitrogen and oxygen atoms in total. The van der Waals surface area contributed by atoms with Crippen LogP contribution in [0.25, 0.3) is 11.0 Å². The predicted octanol–water partition coefficient (Wildman–Crippen LogP) is 2.77. The molecular formula is C12H9BrO4. The number of carbonyl (C=O) groups excluding carboxylic acids is 1. The lowest BCUT2D eigenvalue weighted by molar-refractivity contribution is 0.101. The maximum atomic E-state index is 11.7. The zero-order chi connectivity index (χ0) is 12.6. The van der Waals surface area contributed by atoms with Crippen LogP contribution in [0.3, 0.4) is 0 Å². The average molecular weight is 297 g/mol. The van der Waals surface area contributed by atoms with Gasteiger partial charge in [0.1, 0.15) is 16.9 Å². The van der Waals surface area contributed by atoms with E-state index in [1.54, 1.807) is 18.2 Å². The van der Waals surface area contributed by atoms with Gasteiger partial charge in [0.25, 0.3) is 0 Å². The number of ketones is 1. The summed E-state index contributed by atoms with van der Waals surface area (Å²) in [6, 6.07) is 5.13. The maximum Gasteiger partial charge on any atom is 0.351 e. The van der Waals surface area contributed by atoms with Crippen molar-refractivity contribution in [2.75, 3.05) is 7.11 Å². The van der Waals surface area contributed by atoms with Crippen LogP contribution in [0.5, 0.6) is 5.75 Å². The number of rotatable bonds is 2. The Morgan fingerprint density at radius 1 is 1.41 bits per heavy atom. The number of methoxy groups -OCH3 is 1. The van der Waals surface area contributed by atoms with Crippen LogP contribution in [-0.2, 0) is 0 Å². The van der Waals surface area contributed by atoms with Crippen molar-refractivity contribution in [3.8, 4) is 5.75 Å². The molecule has 1 aromatic heterocycles. The van der Waals surface area contributed by atoms with Gasteiger partial charge in [0.05, 0.1) is 12.5 Å². The zero-order valence-corrected chi connectivity index (χ0v) is 10.8. The Balaban J connectivity index is 2.97. The highest BCUT2D eigenvalue weighted by Gasteiger charge is 2.18. The van der Waals surface area contributed by atoms with Crippen LogP contribution in [0.4, 0.5) is 0 Å². The predicted molar refractivity (Wildman–Crippen MR) is 66.7 cm³/mol. The Morgan fingerprint density at radius 2 is 2.12 bits per heavy atom. The summed E-state index contributed by atoms with van der Waals surface area (Å²) >= 11 is 3.32. The molecule has 5 heteroatoms. The molecule has 2 rings (SSSR count). The minimum atomic E-state index is -0.677. The number of hydrogen-bond acceptors (Lipinski definition) is 4. The number of benzene rings is 1. The first-order valence-electron chi connectivity index (χ1n) is 4.86. The lowest BCUT2D eigenvalue weighted by Gasteiger charge is -2.08. The molecule has 0 spiro atoms. The highest BCUT2D eigenvalue weighted by Crippen LogP contribution is 2.29. The van der Waals surface area contributed by atoms with Crippen LogP contribution in [0.15, 0.2) is 31.9 Å². The fourth-order valence-corrected chi connectivity index (χ4v) is 2.02. The van der Waals surface area contributed by atoms with E-state index in [9.17, 15) is 9.59 Å². The van der Waals surface area contributed by atoms with Gasteiger partial charge in [-0.25, -0.2) is 4.79 Å². The molecule has 0 aliphatic carbocycles. The van der Waals surface area contributed by atoms with Crippen molar-refractivity contribution >= 4 is 32.7 Å². The second kappa shape index (κ2) is 4.33. The summed E-state index contributed by atoms with van der Waals surface area (Å²) in [6.07, 6.45) is 0. The first-order chi connectivity index (χ1) is 8.04. The van der Waals surface area contributed by atoms with Crippen molar-refractivity contribution in [2.45, 2.75) is 6.92 Å².